The van der Waals surface area contributed by atoms with E-state index < -0.39 is 32.5 Å². The lowest BCUT2D eigenvalue weighted by Gasteiger charge is -2.28. The number of likely N-dealkylation sites (N-methyl/N-ethyl adjacent to an activating group) is 1. The van der Waals surface area contributed by atoms with E-state index in [2.05, 4.69) is 154 Å². The molecule has 0 saturated carbocycles. The summed E-state index contributed by atoms with van der Waals surface area (Å²) < 4.78 is 34.2. The smallest absolute Gasteiger partial charge is 0.306 e. The highest BCUT2D eigenvalue weighted by atomic mass is 31.2. The van der Waals surface area contributed by atoms with E-state index in [4.69, 9.17) is 18.5 Å². The SMILES string of the molecule is CC/C=C\C/C=C\C/C=C\C/C=C\C/C=C\C/C=C\C/C=C\C/C=C\C/C=C\CCCC(=O)OC(COC(=O)CCCCCCCCCCCCCCCCCCCCCCCC/C=C\C/C=C\C/C=C\CCCCCCC)COP(=O)([O-])OCC[N+](C)(C)C. The number of esters is 2. The van der Waals surface area contributed by atoms with Crippen molar-refractivity contribution in [1.29, 1.82) is 0 Å². The summed E-state index contributed by atoms with van der Waals surface area (Å²) in [6, 6.07) is 0. The number of nitrogens with zero attached hydrogens (tertiary/aromatic N) is 1. The van der Waals surface area contributed by atoms with E-state index in [1.54, 1.807) is 0 Å². The van der Waals surface area contributed by atoms with Gasteiger partial charge in [-0.1, -0.05) is 314 Å². The first-order chi connectivity index (χ1) is 44.0. The van der Waals surface area contributed by atoms with Gasteiger partial charge >= 0.3 is 11.9 Å². The molecule has 514 valence electrons. The fourth-order valence-corrected chi connectivity index (χ4v) is 10.5. The van der Waals surface area contributed by atoms with Gasteiger partial charge in [0.05, 0.1) is 27.7 Å². The monoisotopic (exact) mass is 1270 g/mol. The minimum atomic E-state index is -4.67. The van der Waals surface area contributed by atoms with Crippen molar-refractivity contribution in [1.82, 2.24) is 0 Å². The summed E-state index contributed by atoms with van der Waals surface area (Å²) in [4.78, 5) is 38.1. The van der Waals surface area contributed by atoms with Crippen molar-refractivity contribution in [3.63, 3.8) is 0 Å². The second-order valence-electron chi connectivity index (χ2n) is 25.2. The lowest BCUT2D eigenvalue weighted by atomic mass is 10.0. The first-order valence-corrected chi connectivity index (χ1v) is 38.0. The molecule has 0 aliphatic carbocycles. The maximum atomic E-state index is 12.8. The van der Waals surface area contributed by atoms with E-state index in [0.29, 0.717) is 23.9 Å². The van der Waals surface area contributed by atoms with Crippen LogP contribution in [0.3, 0.4) is 0 Å². The van der Waals surface area contributed by atoms with Gasteiger partial charge in [-0.25, -0.2) is 0 Å². The second kappa shape index (κ2) is 69.2. The van der Waals surface area contributed by atoms with Crippen LogP contribution in [-0.4, -0.2) is 70.0 Å². The van der Waals surface area contributed by atoms with Crippen LogP contribution in [0.15, 0.2) is 146 Å². The molecule has 2 atom stereocenters. The summed E-state index contributed by atoms with van der Waals surface area (Å²) in [5, 5.41) is 0. The predicted molar refractivity (Wildman–Crippen MR) is 387 cm³/mol. The van der Waals surface area contributed by atoms with Crippen LogP contribution >= 0.6 is 7.82 Å². The van der Waals surface area contributed by atoms with Crippen LogP contribution in [0.1, 0.15) is 296 Å². The number of phosphoric ester groups is 1. The van der Waals surface area contributed by atoms with Crippen LogP contribution in [0, 0.1) is 0 Å². The zero-order chi connectivity index (χ0) is 65.5. The first kappa shape index (κ1) is 85.9. The number of allylic oxidation sites excluding steroid dienone is 24. The summed E-state index contributed by atoms with van der Waals surface area (Å²) >= 11 is 0. The zero-order valence-corrected chi connectivity index (χ0v) is 59.4. The molecule has 0 amide bonds. The lowest BCUT2D eigenvalue weighted by molar-refractivity contribution is -0.870. The van der Waals surface area contributed by atoms with Crippen molar-refractivity contribution >= 4 is 19.8 Å². The average Bonchev–Trinajstić information content (AvgIpc) is 3.58. The highest BCUT2D eigenvalue weighted by Gasteiger charge is 2.22. The average molecular weight is 1270 g/mol. The Kier molecular flexibility index (Phi) is 66.1. The summed E-state index contributed by atoms with van der Waals surface area (Å²) in [5.74, 6) is -0.904. The molecule has 90 heavy (non-hydrogen) atoms. The topological polar surface area (TPSA) is 111 Å². The highest BCUT2D eigenvalue weighted by molar-refractivity contribution is 7.45. The molecule has 9 nitrogen and oxygen atoms in total. The predicted octanol–water partition coefficient (Wildman–Crippen LogP) is 23.5. The highest BCUT2D eigenvalue weighted by Crippen LogP contribution is 2.38. The van der Waals surface area contributed by atoms with Crippen LogP contribution in [0.25, 0.3) is 0 Å². The van der Waals surface area contributed by atoms with Gasteiger partial charge in [0.25, 0.3) is 7.82 Å². The molecule has 0 spiro atoms. The number of ether oxygens (including phenoxy) is 2. The Balaban J connectivity index is 4.10. The molecule has 0 heterocycles. The molecule has 0 aromatic rings. The maximum Gasteiger partial charge on any atom is 0.306 e. The van der Waals surface area contributed by atoms with E-state index in [-0.39, 0.29) is 26.1 Å². The molecule has 0 aliphatic heterocycles. The van der Waals surface area contributed by atoms with Gasteiger partial charge in [0.1, 0.15) is 19.8 Å². The number of rotatable bonds is 66. The van der Waals surface area contributed by atoms with Gasteiger partial charge in [-0.15, -0.1) is 0 Å². The van der Waals surface area contributed by atoms with Gasteiger partial charge < -0.3 is 27.9 Å². The summed E-state index contributed by atoms with van der Waals surface area (Å²) in [6.45, 7) is 4.06. The number of phosphoric acid groups is 1. The van der Waals surface area contributed by atoms with Crippen molar-refractivity contribution in [3.8, 4) is 0 Å². The number of hydrogen-bond acceptors (Lipinski definition) is 8. The molecule has 0 aliphatic rings. The molecule has 0 aromatic heterocycles. The Morgan fingerprint density at radius 1 is 0.356 bits per heavy atom. The van der Waals surface area contributed by atoms with Gasteiger partial charge in [-0.05, 0) is 116 Å². The minimum absolute atomic E-state index is 0.0482. The number of unbranched alkanes of at least 4 members (excludes halogenated alkanes) is 28. The van der Waals surface area contributed by atoms with Gasteiger partial charge in [0.15, 0.2) is 6.10 Å². The van der Waals surface area contributed by atoms with E-state index in [0.717, 1.165) is 89.9 Å². The first-order valence-electron chi connectivity index (χ1n) is 36.5. The Morgan fingerprint density at radius 3 is 0.978 bits per heavy atom. The summed E-state index contributed by atoms with van der Waals surface area (Å²) in [6.07, 6.45) is 102. The van der Waals surface area contributed by atoms with Gasteiger partial charge in [-0.2, -0.15) is 0 Å². The quantitative estimate of drug-likeness (QED) is 0.0195. The third kappa shape index (κ3) is 72.9. The molecule has 0 aromatic carbocycles. The van der Waals surface area contributed by atoms with Gasteiger partial charge in [-0.3, -0.25) is 14.2 Å². The van der Waals surface area contributed by atoms with Crippen molar-refractivity contribution in [2.75, 3.05) is 47.5 Å². The Labute approximate surface area is 554 Å². The van der Waals surface area contributed by atoms with Gasteiger partial charge in [0.2, 0.25) is 0 Å². The molecule has 0 fully saturated rings. The van der Waals surface area contributed by atoms with Crippen LogP contribution in [0.2, 0.25) is 0 Å². The van der Waals surface area contributed by atoms with Crippen molar-refractivity contribution in [2.45, 2.75) is 302 Å². The van der Waals surface area contributed by atoms with Crippen LogP contribution in [-0.2, 0) is 32.7 Å². The molecule has 10 heteroatoms. The second-order valence-corrected chi connectivity index (χ2v) is 26.6. The number of hydrogen-bond donors (Lipinski definition) is 0. The number of carbonyl (C=O) groups is 2. The normalized spacial score (nSPS) is 14.0. The standard InChI is InChI=1S/C80H136NO8P/c1-6-8-10-12-14-16-18-20-22-24-26-28-30-32-34-36-37-38-39-40-41-42-43-45-46-48-50-52-54-56-58-60-62-64-66-68-70-72-79(82)86-76-78(77-88-90(84,85)87-75-74-81(3,4)5)89-80(83)73-71-69-67-65-63-61-59-57-55-53-51-49-47-44-35-33-31-29-27-25-23-21-19-17-15-13-11-9-7-2/h9,11,15,17-18,20-21,23-24,26-27,29-30,32-33,35,47,49,53,55,59,61,65,67,78H,6-8,10,12-14,16,19,22,25,28,31,34,36-46,48,50-52,54,56-58,60,62-64,66,68-77H2,1-5H3/b11-9-,17-15-,20-18-,23-21-,26-24-,29-27-,32-30-,35-33-,49-47-,55-53-,61-59-,67-65-. The van der Waals surface area contributed by atoms with Crippen LogP contribution < -0.4 is 4.89 Å². The molecular weight excluding hydrogens is 1130 g/mol. The summed E-state index contributed by atoms with van der Waals surface area (Å²) in [5.41, 5.74) is 0. The van der Waals surface area contributed by atoms with Crippen molar-refractivity contribution in [2.24, 2.45) is 0 Å². The fraction of sp³-hybridized carbons (Fsp3) is 0.675. The van der Waals surface area contributed by atoms with Crippen LogP contribution in [0.5, 0.6) is 0 Å². The van der Waals surface area contributed by atoms with Crippen molar-refractivity contribution < 1.29 is 42.1 Å². The van der Waals surface area contributed by atoms with Gasteiger partial charge in [0, 0.05) is 12.8 Å². The Bertz CT molecular complexity index is 2030. The zero-order valence-electron chi connectivity index (χ0n) is 58.5. The molecule has 0 saturated heterocycles. The molecule has 2 unspecified atom stereocenters. The third-order valence-electron chi connectivity index (χ3n) is 15.3. The van der Waals surface area contributed by atoms with Crippen LogP contribution in [0.4, 0.5) is 0 Å². The largest absolute Gasteiger partial charge is 0.756 e. The minimum Gasteiger partial charge on any atom is -0.756 e. The number of quaternary nitrogens is 1. The molecule has 0 rings (SSSR count). The Morgan fingerprint density at radius 2 is 0.644 bits per heavy atom. The fourth-order valence-electron chi connectivity index (χ4n) is 9.78. The van der Waals surface area contributed by atoms with E-state index in [1.807, 2.05) is 27.2 Å². The molecular formula is C80H136NO8P. The van der Waals surface area contributed by atoms with Crippen molar-refractivity contribution in [3.05, 3.63) is 146 Å². The lowest BCUT2D eigenvalue weighted by Crippen LogP contribution is -2.37. The molecule has 0 bridgehead atoms. The molecule has 0 radical (unpaired) electrons. The maximum absolute atomic E-state index is 12.8. The molecule has 0 N–H and O–H groups in total. The summed E-state index contributed by atoms with van der Waals surface area (Å²) in [7, 11) is 1.12. The van der Waals surface area contributed by atoms with E-state index in [1.165, 1.54) is 167 Å². The third-order valence-corrected chi connectivity index (χ3v) is 16.3. The Hall–Kier alpha value is -4.11. The van der Waals surface area contributed by atoms with E-state index in [9.17, 15) is 19.0 Å². The van der Waals surface area contributed by atoms with E-state index >= 15 is 0 Å². The number of carbonyl (C=O) groups excluding carboxylic acids is 2.